The Morgan fingerprint density at radius 1 is 1.07 bits per heavy atom. The van der Waals surface area contributed by atoms with Gasteiger partial charge in [-0.2, -0.15) is 0 Å². The van der Waals surface area contributed by atoms with Crippen LogP contribution in [-0.2, 0) is 11.8 Å². The van der Waals surface area contributed by atoms with Crippen molar-refractivity contribution in [2.45, 2.75) is 19.3 Å². The van der Waals surface area contributed by atoms with Gasteiger partial charge < -0.3 is 14.8 Å². The lowest BCUT2D eigenvalue weighted by atomic mass is 9.84. The molecule has 1 aromatic heterocycles. The summed E-state index contributed by atoms with van der Waals surface area (Å²) in [6.45, 7) is 2.07. The maximum Gasteiger partial charge on any atom is 0.275 e. The molecule has 3 heterocycles. The highest BCUT2D eigenvalue weighted by molar-refractivity contribution is 5.96. The molecule has 0 aliphatic carbocycles. The SMILES string of the molecule is Cc1c([C@@H]2CC(=O)Nc3cc4c(cc32)OCO4)c(=O)n(-c2ccccc2)n1C. The normalized spacial score (nSPS) is 17.4. The van der Waals surface area contributed by atoms with Crippen LogP contribution >= 0.6 is 0 Å². The van der Waals surface area contributed by atoms with Crippen molar-refractivity contribution in [3.05, 3.63) is 69.6 Å². The Bertz CT molecular complexity index is 1160. The largest absolute Gasteiger partial charge is 0.454 e. The van der Waals surface area contributed by atoms with E-state index >= 15 is 0 Å². The Balaban J connectivity index is 1.71. The van der Waals surface area contributed by atoms with Gasteiger partial charge >= 0.3 is 0 Å². The lowest BCUT2D eigenvalue weighted by Gasteiger charge is -2.25. The van der Waals surface area contributed by atoms with Crippen LogP contribution in [0.4, 0.5) is 5.69 Å². The summed E-state index contributed by atoms with van der Waals surface area (Å²) in [5.74, 6) is 0.773. The van der Waals surface area contributed by atoms with Gasteiger partial charge in [0.05, 0.1) is 5.69 Å². The maximum absolute atomic E-state index is 13.4. The number of benzene rings is 2. The van der Waals surface area contributed by atoms with Crippen LogP contribution in [0.1, 0.15) is 29.2 Å². The molecule has 142 valence electrons. The van der Waals surface area contributed by atoms with E-state index < -0.39 is 0 Å². The average Bonchev–Trinajstić information content (AvgIpc) is 3.22. The maximum atomic E-state index is 13.4. The van der Waals surface area contributed by atoms with Crippen molar-refractivity contribution >= 4 is 11.6 Å². The summed E-state index contributed by atoms with van der Waals surface area (Å²) in [5, 5.41) is 2.89. The number of aromatic nitrogens is 2. The zero-order valence-corrected chi connectivity index (χ0v) is 15.6. The molecule has 5 rings (SSSR count). The first kappa shape index (κ1) is 16.7. The Kier molecular flexibility index (Phi) is 3.58. The van der Waals surface area contributed by atoms with E-state index in [2.05, 4.69) is 5.32 Å². The number of anilines is 1. The van der Waals surface area contributed by atoms with Crippen LogP contribution in [0.5, 0.6) is 11.5 Å². The standard InChI is InChI=1S/C21H19N3O4/c1-12-20(21(26)24(23(12)2)13-6-4-3-5-7-13)15-9-19(25)22-16-10-18-17(8-14(15)16)27-11-28-18/h3-8,10,15H,9,11H2,1-2H3,(H,22,25)/t15-/m1/s1. The number of nitrogens with zero attached hydrogens (tertiary/aromatic N) is 2. The van der Waals surface area contributed by atoms with Crippen LogP contribution in [-0.4, -0.2) is 22.1 Å². The summed E-state index contributed by atoms with van der Waals surface area (Å²) >= 11 is 0. The van der Waals surface area contributed by atoms with Crippen molar-refractivity contribution in [3.63, 3.8) is 0 Å². The monoisotopic (exact) mass is 377 g/mol. The Labute approximate surface area is 161 Å². The zero-order valence-electron chi connectivity index (χ0n) is 15.6. The highest BCUT2D eigenvalue weighted by Crippen LogP contribution is 2.44. The van der Waals surface area contributed by atoms with Gasteiger partial charge in [-0.3, -0.25) is 14.3 Å². The molecule has 2 aliphatic rings. The van der Waals surface area contributed by atoms with Gasteiger partial charge in [-0.1, -0.05) is 18.2 Å². The van der Waals surface area contributed by atoms with Crippen molar-refractivity contribution in [3.8, 4) is 17.2 Å². The highest BCUT2D eigenvalue weighted by Gasteiger charge is 2.34. The molecule has 7 heteroatoms. The first-order chi connectivity index (χ1) is 13.5. The van der Waals surface area contributed by atoms with E-state index in [0.717, 1.165) is 16.9 Å². The van der Waals surface area contributed by atoms with Gasteiger partial charge in [0.1, 0.15) is 0 Å². The van der Waals surface area contributed by atoms with Crippen molar-refractivity contribution in [2.75, 3.05) is 12.1 Å². The van der Waals surface area contributed by atoms with E-state index in [9.17, 15) is 9.59 Å². The molecule has 0 radical (unpaired) electrons. The van der Waals surface area contributed by atoms with Crippen molar-refractivity contribution < 1.29 is 14.3 Å². The van der Waals surface area contributed by atoms with Crippen LogP contribution in [0.2, 0.25) is 0 Å². The number of amides is 1. The number of fused-ring (bicyclic) bond motifs is 2. The summed E-state index contributed by atoms with van der Waals surface area (Å²) in [7, 11) is 1.86. The lowest BCUT2D eigenvalue weighted by Crippen LogP contribution is -2.28. The van der Waals surface area contributed by atoms with E-state index in [1.165, 1.54) is 0 Å². The number of para-hydroxylation sites is 1. The third kappa shape index (κ3) is 2.36. The fraction of sp³-hybridized carbons (Fsp3) is 0.238. The van der Waals surface area contributed by atoms with Gasteiger partial charge in [0.2, 0.25) is 12.7 Å². The van der Waals surface area contributed by atoms with Crippen LogP contribution in [0.3, 0.4) is 0 Å². The lowest BCUT2D eigenvalue weighted by molar-refractivity contribution is -0.116. The van der Waals surface area contributed by atoms with E-state index in [1.807, 2.05) is 55.1 Å². The summed E-state index contributed by atoms with van der Waals surface area (Å²) < 4.78 is 14.4. The molecule has 28 heavy (non-hydrogen) atoms. The number of ether oxygens (including phenoxy) is 2. The van der Waals surface area contributed by atoms with Gasteiger partial charge in [-0.05, 0) is 30.7 Å². The third-order valence-electron chi connectivity index (χ3n) is 5.53. The molecule has 7 nitrogen and oxygen atoms in total. The summed E-state index contributed by atoms with van der Waals surface area (Å²) in [6.07, 6.45) is 0.210. The van der Waals surface area contributed by atoms with Gasteiger partial charge in [-0.15, -0.1) is 0 Å². The molecule has 3 aromatic rings. The van der Waals surface area contributed by atoms with E-state index in [1.54, 1.807) is 10.7 Å². The number of hydrogen-bond acceptors (Lipinski definition) is 4. The van der Waals surface area contributed by atoms with Crippen LogP contribution < -0.4 is 20.3 Å². The van der Waals surface area contributed by atoms with Crippen LogP contribution in [0.25, 0.3) is 5.69 Å². The minimum atomic E-state index is -0.345. The quantitative estimate of drug-likeness (QED) is 0.745. The Hall–Kier alpha value is -3.48. The molecule has 0 bridgehead atoms. The van der Waals surface area contributed by atoms with Gasteiger partial charge in [0.15, 0.2) is 11.5 Å². The number of carbonyl (C=O) groups is 1. The fourth-order valence-electron chi connectivity index (χ4n) is 4.10. The second-order valence-electron chi connectivity index (χ2n) is 7.07. The summed E-state index contributed by atoms with van der Waals surface area (Å²) in [4.78, 5) is 25.8. The smallest absolute Gasteiger partial charge is 0.275 e. The van der Waals surface area contributed by atoms with E-state index in [-0.39, 0.29) is 30.6 Å². The predicted octanol–water partition coefficient (Wildman–Crippen LogP) is 2.69. The van der Waals surface area contributed by atoms with Gasteiger partial charge in [0.25, 0.3) is 5.56 Å². The topological polar surface area (TPSA) is 74.5 Å². The van der Waals surface area contributed by atoms with Crippen LogP contribution in [0, 0.1) is 6.92 Å². The van der Waals surface area contributed by atoms with E-state index in [4.69, 9.17) is 9.47 Å². The first-order valence-electron chi connectivity index (χ1n) is 9.12. The molecule has 1 N–H and O–H groups in total. The number of carbonyl (C=O) groups excluding carboxylic acids is 1. The molecule has 0 unspecified atom stereocenters. The summed E-state index contributed by atoms with van der Waals surface area (Å²) in [6, 6.07) is 13.1. The zero-order chi connectivity index (χ0) is 19.4. The van der Waals surface area contributed by atoms with Crippen molar-refractivity contribution in [1.29, 1.82) is 0 Å². The fourth-order valence-corrected chi connectivity index (χ4v) is 4.10. The highest BCUT2D eigenvalue weighted by atomic mass is 16.7. The number of hydrogen-bond donors (Lipinski definition) is 1. The Morgan fingerprint density at radius 2 is 1.79 bits per heavy atom. The molecule has 0 fully saturated rings. The van der Waals surface area contributed by atoms with Crippen molar-refractivity contribution in [2.24, 2.45) is 7.05 Å². The predicted molar refractivity (Wildman–Crippen MR) is 103 cm³/mol. The molecule has 1 atom stereocenters. The third-order valence-corrected chi connectivity index (χ3v) is 5.53. The molecule has 2 aliphatic heterocycles. The van der Waals surface area contributed by atoms with E-state index in [0.29, 0.717) is 22.7 Å². The second kappa shape index (κ2) is 6.02. The molecule has 2 aromatic carbocycles. The molecule has 1 amide bonds. The van der Waals surface area contributed by atoms with Gasteiger partial charge in [0, 0.05) is 42.4 Å². The number of nitrogens with one attached hydrogen (secondary N) is 1. The average molecular weight is 377 g/mol. The summed E-state index contributed by atoms with van der Waals surface area (Å²) in [5.41, 5.74) is 3.66. The second-order valence-corrected chi connectivity index (χ2v) is 7.07. The minimum absolute atomic E-state index is 0.116. The van der Waals surface area contributed by atoms with Crippen LogP contribution in [0.15, 0.2) is 47.3 Å². The van der Waals surface area contributed by atoms with Gasteiger partial charge in [-0.25, -0.2) is 4.68 Å². The first-order valence-corrected chi connectivity index (χ1v) is 9.12. The molecule has 0 saturated carbocycles. The molecule has 0 saturated heterocycles. The molecular formula is C21H19N3O4. The molecular weight excluding hydrogens is 358 g/mol. The molecule has 0 spiro atoms. The Morgan fingerprint density at radius 3 is 2.54 bits per heavy atom. The number of rotatable bonds is 2. The minimum Gasteiger partial charge on any atom is -0.454 e. The van der Waals surface area contributed by atoms with Crippen molar-refractivity contribution in [1.82, 2.24) is 9.36 Å².